The van der Waals surface area contributed by atoms with E-state index in [9.17, 15) is 4.79 Å². The molecule has 0 aromatic heterocycles. The average molecular weight is 463 g/mol. The normalized spacial score (nSPS) is 18.6. The van der Waals surface area contributed by atoms with E-state index in [1.807, 2.05) is 42.2 Å². The molecular formula is C27H34N4O3. The van der Waals surface area contributed by atoms with E-state index in [1.165, 1.54) is 19.3 Å². The molecule has 180 valence electrons. The molecule has 0 bridgehead atoms. The quantitative estimate of drug-likeness (QED) is 0.663. The highest BCUT2D eigenvalue weighted by Gasteiger charge is 2.27. The molecule has 5 rings (SSSR count). The fraction of sp³-hybridized carbons (Fsp3) is 0.481. The topological polar surface area (TPSA) is 66.4 Å². The number of urea groups is 1. The summed E-state index contributed by atoms with van der Waals surface area (Å²) < 4.78 is 11.8. The number of rotatable bonds is 2. The molecule has 2 fully saturated rings. The SMILES string of the molecule is COc1ccc2c(c1)Oc1cc(C)ccc1N=C2N1CCCN(C(=O)NC2CCCCC2)CC1. The first-order valence-electron chi connectivity index (χ1n) is 12.5. The zero-order valence-electron chi connectivity index (χ0n) is 20.2. The number of fused-ring (bicyclic) bond motifs is 2. The minimum atomic E-state index is 0.0749. The van der Waals surface area contributed by atoms with Gasteiger partial charge in [-0.05, 0) is 56.0 Å². The van der Waals surface area contributed by atoms with E-state index in [1.54, 1.807) is 7.11 Å². The van der Waals surface area contributed by atoms with Crippen LogP contribution in [0.15, 0.2) is 41.4 Å². The Hall–Kier alpha value is -3.22. The highest BCUT2D eigenvalue weighted by atomic mass is 16.5. The average Bonchev–Trinajstić information content (AvgIpc) is 3.19. The van der Waals surface area contributed by atoms with Gasteiger partial charge in [-0.3, -0.25) is 0 Å². The van der Waals surface area contributed by atoms with E-state index in [4.69, 9.17) is 14.5 Å². The Balaban J connectivity index is 1.38. The number of hydrogen-bond donors (Lipinski definition) is 1. The third-order valence-corrected chi connectivity index (χ3v) is 7.01. The first-order chi connectivity index (χ1) is 16.6. The van der Waals surface area contributed by atoms with Crippen LogP contribution in [0.25, 0.3) is 0 Å². The molecule has 1 saturated carbocycles. The van der Waals surface area contributed by atoms with Crippen LogP contribution in [-0.4, -0.2) is 61.0 Å². The molecule has 0 atom stereocenters. The minimum Gasteiger partial charge on any atom is -0.497 e. The number of amides is 2. The second kappa shape index (κ2) is 9.95. The van der Waals surface area contributed by atoms with E-state index in [2.05, 4.69) is 16.3 Å². The number of hydrogen-bond acceptors (Lipinski definition) is 5. The minimum absolute atomic E-state index is 0.0749. The Morgan fingerprint density at radius 2 is 1.85 bits per heavy atom. The van der Waals surface area contributed by atoms with E-state index in [-0.39, 0.29) is 6.03 Å². The fourth-order valence-electron chi connectivity index (χ4n) is 5.07. The zero-order chi connectivity index (χ0) is 23.5. The third kappa shape index (κ3) is 4.83. The lowest BCUT2D eigenvalue weighted by atomic mass is 9.96. The summed E-state index contributed by atoms with van der Waals surface area (Å²) in [5.41, 5.74) is 2.87. The highest BCUT2D eigenvalue weighted by Crippen LogP contribution is 2.40. The molecule has 34 heavy (non-hydrogen) atoms. The summed E-state index contributed by atoms with van der Waals surface area (Å²) in [6.45, 7) is 5.03. The number of amidine groups is 1. The Morgan fingerprint density at radius 1 is 1.00 bits per heavy atom. The number of aliphatic imine (C=N–C) groups is 1. The molecule has 2 aromatic carbocycles. The molecule has 0 unspecified atom stereocenters. The largest absolute Gasteiger partial charge is 0.497 e. The van der Waals surface area contributed by atoms with Gasteiger partial charge in [0.05, 0.1) is 12.7 Å². The standard InChI is InChI=1S/C27H34N4O3/c1-19-9-12-23-25(17-19)34-24-18-21(33-2)10-11-22(24)26(29-23)30-13-6-14-31(16-15-30)27(32)28-20-7-4-3-5-8-20/h9-12,17-18,20H,3-8,13-16H2,1-2H3,(H,28,32). The van der Waals surface area contributed by atoms with Gasteiger partial charge in [0.2, 0.25) is 0 Å². The van der Waals surface area contributed by atoms with Gasteiger partial charge >= 0.3 is 6.03 Å². The van der Waals surface area contributed by atoms with E-state index in [0.29, 0.717) is 12.6 Å². The van der Waals surface area contributed by atoms with E-state index >= 15 is 0 Å². The molecule has 7 heteroatoms. The van der Waals surface area contributed by atoms with Crippen LogP contribution in [0.3, 0.4) is 0 Å². The van der Waals surface area contributed by atoms with Gasteiger partial charge in [0.1, 0.15) is 23.0 Å². The number of nitrogens with one attached hydrogen (secondary N) is 1. The molecule has 2 aliphatic heterocycles. The molecule has 3 aliphatic rings. The molecule has 0 radical (unpaired) electrons. The maximum absolute atomic E-state index is 13.0. The van der Waals surface area contributed by atoms with E-state index < -0.39 is 0 Å². The van der Waals surface area contributed by atoms with Crippen molar-refractivity contribution in [3.05, 3.63) is 47.5 Å². The Kier molecular flexibility index (Phi) is 6.61. The number of methoxy groups -OCH3 is 1. The zero-order valence-corrected chi connectivity index (χ0v) is 20.2. The van der Waals surface area contributed by atoms with Gasteiger partial charge in [0.15, 0.2) is 5.75 Å². The highest BCUT2D eigenvalue weighted by molar-refractivity contribution is 6.04. The van der Waals surface area contributed by atoms with Crippen molar-refractivity contribution in [3.63, 3.8) is 0 Å². The molecule has 1 saturated heterocycles. The van der Waals surface area contributed by atoms with Gasteiger partial charge in [-0.2, -0.15) is 0 Å². The van der Waals surface area contributed by atoms with Gasteiger partial charge < -0.3 is 24.6 Å². The lowest BCUT2D eigenvalue weighted by Crippen LogP contribution is -2.47. The Morgan fingerprint density at radius 3 is 2.68 bits per heavy atom. The van der Waals surface area contributed by atoms with Crippen LogP contribution in [-0.2, 0) is 0 Å². The summed E-state index contributed by atoms with van der Waals surface area (Å²) in [7, 11) is 1.66. The Bertz CT molecular complexity index is 1080. The van der Waals surface area contributed by atoms with Crippen LogP contribution in [0.4, 0.5) is 10.5 Å². The molecule has 1 aliphatic carbocycles. The molecule has 7 nitrogen and oxygen atoms in total. The van der Waals surface area contributed by atoms with Crippen molar-refractivity contribution in [2.45, 2.75) is 51.5 Å². The molecule has 2 aromatic rings. The summed E-state index contributed by atoms with van der Waals surface area (Å²) in [4.78, 5) is 22.3. The molecule has 0 spiro atoms. The van der Waals surface area contributed by atoms with Crippen LogP contribution >= 0.6 is 0 Å². The second-order valence-electron chi connectivity index (χ2n) is 9.48. The summed E-state index contributed by atoms with van der Waals surface area (Å²) >= 11 is 0. The van der Waals surface area contributed by atoms with Gasteiger partial charge in [0, 0.05) is 38.3 Å². The van der Waals surface area contributed by atoms with Crippen LogP contribution in [0.5, 0.6) is 17.2 Å². The first-order valence-corrected chi connectivity index (χ1v) is 12.5. The second-order valence-corrected chi connectivity index (χ2v) is 9.48. The van der Waals surface area contributed by atoms with Crippen molar-refractivity contribution in [3.8, 4) is 17.2 Å². The van der Waals surface area contributed by atoms with Crippen molar-refractivity contribution in [2.24, 2.45) is 4.99 Å². The predicted molar refractivity (Wildman–Crippen MR) is 134 cm³/mol. The summed E-state index contributed by atoms with van der Waals surface area (Å²) in [6, 6.07) is 12.4. The van der Waals surface area contributed by atoms with Crippen LogP contribution < -0.4 is 14.8 Å². The van der Waals surface area contributed by atoms with Crippen LogP contribution in [0.2, 0.25) is 0 Å². The van der Waals surface area contributed by atoms with Gasteiger partial charge in [-0.25, -0.2) is 9.79 Å². The molecule has 2 heterocycles. The van der Waals surface area contributed by atoms with Crippen molar-refractivity contribution in [1.29, 1.82) is 0 Å². The smallest absolute Gasteiger partial charge is 0.317 e. The monoisotopic (exact) mass is 462 g/mol. The van der Waals surface area contributed by atoms with Gasteiger partial charge in [-0.15, -0.1) is 0 Å². The van der Waals surface area contributed by atoms with Crippen LogP contribution in [0, 0.1) is 6.92 Å². The summed E-state index contributed by atoms with van der Waals surface area (Å²) in [5, 5.41) is 3.27. The number of nitrogens with zero attached hydrogens (tertiary/aromatic N) is 3. The van der Waals surface area contributed by atoms with Crippen molar-refractivity contribution in [2.75, 3.05) is 33.3 Å². The number of benzene rings is 2. The van der Waals surface area contributed by atoms with Crippen LogP contribution in [0.1, 0.15) is 49.7 Å². The number of carbonyl (C=O) groups excluding carboxylic acids is 1. The molecule has 1 N–H and O–H groups in total. The summed E-state index contributed by atoms with van der Waals surface area (Å²) in [6.07, 6.45) is 6.80. The predicted octanol–water partition coefficient (Wildman–Crippen LogP) is 5.24. The van der Waals surface area contributed by atoms with Gasteiger partial charge in [-0.1, -0.05) is 25.3 Å². The van der Waals surface area contributed by atoms with E-state index in [0.717, 1.165) is 78.8 Å². The van der Waals surface area contributed by atoms with Crippen molar-refractivity contribution >= 4 is 17.6 Å². The lowest BCUT2D eigenvalue weighted by Gasteiger charge is -2.28. The number of aryl methyl sites for hydroxylation is 1. The first kappa shape index (κ1) is 22.6. The van der Waals surface area contributed by atoms with Gasteiger partial charge in [0.25, 0.3) is 0 Å². The fourth-order valence-corrected chi connectivity index (χ4v) is 5.07. The maximum Gasteiger partial charge on any atom is 0.317 e. The van der Waals surface area contributed by atoms with Crippen molar-refractivity contribution < 1.29 is 14.3 Å². The Labute approximate surface area is 201 Å². The number of ether oxygens (including phenoxy) is 2. The lowest BCUT2D eigenvalue weighted by molar-refractivity contribution is 0.192. The summed E-state index contributed by atoms with van der Waals surface area (Å²) in [5.74, 6) is 3.11. The maximum atomic E-state index is 13.0. The molecular weight excluding hydrogens is 428 g/mol. The number of carbonyl (C=O) groups is 1. The third-order valence-electron chi connectivity index (χ3n) is 7.01. The molecule has 2 amide bonds. The van der Waals surface area contributed by atoms with Crippen molar-refractivity contribution in [1.82, 2.24) is 15.1 Å².